The van der Waals surface area contributed by atoms with Gasteiger partial charge in [0.2, 0.25) is 0 Å². The number of amides is 2. The van der Waals surface area contributed by atoms with Crippen LogP contribution in [-0.2, 0) is 14.3 Å². The van der Waals surface area contributed by atoms with Gasteiger partial charge in [-0.1, -0.05) is 0 Å². The summed E-state index contributed by atoms with van der Waals surface area (Å²) in [4.78, 5) is 37.1. The first-order valence-corrected chi connectivity index (χ1v) is 7.37. The van der Waals surface area contributed by atoms with Crippen molar-refractivity contribution < 1.29 is 23.9 Å². The predicted molar refractivity (Wildman–Crippen MR) is 80.6 cm³/mol. The van der Waals surface area contributed by atoms with E-state index in [1.54, 1.807) is 41.5 Å². The van der Waals surface area contributed by atoms with Crippen LogP contribution in [0.4, 0.5) is 9.59 Å². The van der Waals surface area contributed by atoms with Crippen molar-refractivity contribution in [1.29, 1.82) is 0 Å². The summed E-state index contributed by atoms with van der Waals surface area (Å²) in [5, 5.41) is 2.51. The highest BCUT2D eigenvalue weighted by molar-refractivity contribution is 5.89. The van der Waals surface area contributed by atoms with Gasteiger partial charge in [0.15, 0.2) is 5.78 Å². The molecule has 0 aromatic rings. The Bertz CT molecular complexity index is 448. The second kappa shape index (κ2) is 6.54. The zero-order valence-corrected chi connectivity index (χ0v) is 14.2. The van der Waals surface area contributed by atoms with Gasteiger partial charge in [-0.2, -0.15) is 0 Å². The van der Waals surface area contributed by atoms with Gasteiger partial charge in [0, 0.05) is 13.0 Å². The molecule has 2 amide bonds. The molecule has 1 fully saturated rings. The molecule has 1 unspecified atom stereocenters. The van der Waals surface area contributed by atoms with Gasteiger partial charge in [-0.25, -0.2) is 9.59 Å². The molecule has 0 saturated carbocycles. The quantitative estimate of drug-likeness (QED) is 0.801. The average molecular weight is 314 g/mol. The molecule has 1 saturated heterocycles. The molecule has 0 spiro atoms. The topological polar surface area (TPSA) is 84.9 Å². The lowest BCUT2D eigenvalue weighted by Gasteiger charge is -2.33. The van der Waals surface area contributed by atoms with E-state index in [1.807, 2.05) is 0 Å². The molecular formula is C15H26N2O5. The Labute approximate surface area is 131 Å². The number of carbonyl (C=O) groups excluding carboxylic acids is 3. The number of ketones is 1. The van der Waals surface area contributed by atoms with Gasteiger partial charge < -0.3 is 19.7 Å². The second-order valence-corrected chi connectivity index (χ2v) is 7.34. The molecule has 0 bridgehead atoms. The van der Waals surface area contributed by atoms with Gasteiger partial charge in [-0.3, -0.25) is 4.79 Å². The van der Waals surface area contributed by atoms with Crippen molar-refractivity contribution in [2.45, 2.75) is 65.2 Å². The maximum absolute atomic E-state index is 12.0. The van der Waals surface area contributed by atoms with Gasteiger partial charge in [-0.15, -0.1) is 0 Å². The molecule has 7 heteroatoms. The fraction of sp³-hybridized carbons (Fsp3) is 0.800. The number of nitrogens with zero attached hydrogens (tertiary/aromatic N) is 1. The summed E-state index contributed by atoms with van der Waals surface area (Å²) in [7, 11) is 0. The third-order valence-corrected chi connectivity index (χ3v) is 2.76. The van der Waals surface area contributed by atoms with E-state index in [-0.39, 0.29) is 18.7 Å². The monoisotopic (exact) mass is 314 g/mol. The van der Waals surface area contributed by atoms with E-state index >= 15 is 0 Å². The van der Waals surface area contributed by atoms with Crippen molar-refractivity contribution in [3.8, 4) is 0 Å². The number of piperidine rings is 1. The van der Waals surface area contributed by atoms with Crippen LogP contribution in [0.15, 0.2) is 0 Å². The van der Waals surface area contributed by atoms with E-state index in [9.17, 15) is 14.4 Å². The maximum atomic E-state index is 12.0. The maximum Gasteiger partial charge on any atom is 0.410 e. The molecule has 0 radical (unpaired) electrons. The highest BCUT2D eigenvalue weighted by atomic mass is 16.6. The highest BCUT2D eigenvalue weighted by Crippen LogP contribution is 2.14. The van der Waals surface area contributed by atoms with Gasteiger partial charge >= 0.3 is 12.2 Å². The molecule has 0 aromatic heterocycles. The fourth-order valence-electron chi connectivity index (χ4n) is 1.90. The smallest absolute Gasteiger partial charge is 0.410 e. The largest absolute Gasteiger partial charge is 0.444 e. The van der Waals surface area contributed by atoms with Gasteiger partial charge in [0.1, 0.15) is 17.2 Å². The number of hydrogen-bond donors (Lipinski definition) is 1. The third-order valence-electron chi connectivity index (χ3n) is 2.76. The fourth-order valence-corrected chi connectivity index (χ4v) is 1.90. The van der Waals surface area contributed by atoms with Crippen molar-refractivity contribution in [3.05, 3.63) is 0 Å². The molecule has 1 heterocycles. The van der Waals surface area contributed by atoms with Crippen molar-refractivity contribution in [3.63, 3.8) is 0 Å². The summed E-state index contributed by atoms with van der Waals surface area (Å²) in [5.74, 6) is -0.120. The predicted octanol–water partition coefficient (Wildman–Crippen LogP) is 2.09. The summed E-state index contributed by atoms with van der Waals surface area (Å²) in [6.07, 6.45) is -0.979. The van der Waals surface area contributed by atoms with Crippen LogP contribution in [0.5, 0.6) is 0 Å². The Morgan fingerprint density at radius 3 is 2.14 bits per heavy atom. The molecule has 1 N–H and O–H groups in total. The Kier molecular flexibility index (Phi) is 5.43. The minimum Gasteiger partial charge on any atom is -0.444 e. The van der Waals surface area contributed by atoms with E-state index in [2.05, 4.69) is 5.32 Å². The standard InChI is InChI=1S/C15H26N2O5/c1-14(2,3)21-12(19)16-10-9-17(8-7-11(10)18)13(20)22-15(4,5)6/h10H,7-9H2,1-6H3,(H,16,19). The van der Waals surface area contributed by atoms with Crippen molar-refractivity contribution in [2.75, 3.05) is 13.1 Å². The summed E-state index contributed by atoms with van der Waals surface area (Å²) < 4.78 is 10.4. The highest BCUT2D eigenvalue weighted by Gasteiger charge is 2.33. The first kappa shape index (κ1) is 18.3. The van der Waals surface area contributed by atoms with Crippen molar-refractivity contribution >= 4 is 18.0 Å². The zero-order valence-electron chi connectivity index (χ0n) is 14.2. The first-order valence-electron chi connectivity index (χ1n) is 7.37. The van der Waals surface area contributed by atoms with Gasteiger partial charge in [0.25, 0.3) is 0 Å². The van der Waals surface area contributed by atoms with Crippen LogP contribution in [-0.4, -0.2) is 53.2 Å². The molecule has 1 aliphatic heterocycles. The van der Waals surface area contributed by atoms with E-state index in [4.69, 9.17) is 9.47 Å². The van der Waals surface area contributed by atoms with Crippen LogP contribution in [0, 0.1) is 0 Å². The number of hydrogen-bond acceptors (Lipinski definition) is 5. The molecule has 1 aliphatic rings. The minimum absolute atomic E-state index is 0.0903. The SMILES string of the molecule is CC(C)(C)OC(=O)NC1CN(C(=O)OC(C)(C)C)CCC1=O. The number of carbonyl (C=O) groups is 3. The van der Waals surface area contributed by atoms with Crippen molar-refractivity contribution in [2.24, 2.45) is 0 Å². The van der Waals surface area contributed by atoms with E-state index in [0.29, 0.717) is 6.54 Å². The van der Waals surface area contributed by atoms with E-state index in [0.717, 1.165) is 0 Å². The minimum atomic E-state index is -0.767. The number of rotatable bonds is 1. The number of alkyl carbamates (subject to hydrolysis) is 1. The van der Waals surface area contributed by atoms with Crippen LogP contribution >= 0.6 is 0 Å². The lowest BCUT2D eigenvalue weighted by Crippen LogP contribution is -2.55. The average Bonchev–Trinajstić information content (AvgIpc) is 2.27. The van der Waals surface area contributed by atoms with Gasteiger partial charge in [-0.05, 0) is 41.5 Å². The molecule has 22 heavy (non-hydrogen) atoms. The Morgan fingerprint density at radius 2 is 1.64 bits per heavy atom. The van der Waals surface area contributed by atoms with E-state index < -0.39 is 29.4 Å². The number of nitrogens with one attached hydrogen (secondary N) is 1. The normalized spacial score (nSPS) is 19.6. The Balaban J connectivity index is 2.62. The summed E-state index contributed by atoms with van der Waals surface area (Å²) in [5.41, 5.74) is -1.25. The van der Waals surface area contributed by atoms with Crippen LogP contribution in [0.2, 0.25) is 0 Å². The molecule has 7 nitrogen and oxygen atoms in total. The molecule has 1 atom stereocenters. The number of likely N-dealkylation sites (tertiary alicyclic amines) is 1. The summed E-state index contributed by atoms with van der Waals surface area (Å²) in [6.45, 7) is 10.9. The molecule has 0 aromatic carbocycles. The molecule has 126 valence electrons. The molecule has 1 rings (SSSR count). The summed E-state index contributed by atoms with van der Waals surface area (Å²) >= 11 is 0. The van der Waals surface area contributed by atoms with Crippen LogP contribution in [0.3, 0.4) is 0 Å². The first-order chi connectivity index (χ1) is 9.87. The van der Waals surface area contributed by atoms with E-state index in [1.165, 1.54) is 4.90 Å². The lowest BCUT2D eigenvalue weighted by atomic mass is 10.0. The van der Waals surface area contributed by atoms with Crippen LogP contribution in [0.1, 0.15) is 48.0 Å². The Morgan fingerprint density at radius 1 is 1.09 bits per heavy atom. The van der Waals surface area contributed by atoms with Crippen LogP contribution < -0.4 is 5.32 Å². The lowest BCUT2D eigenvalue weighted by molar-refractivity contribution is -0.123. The third kappa shape index (κ3) is 6.32. The number of Topliss-reactive ketones (excluding diaryl/α,β-unsaturated/α-hetero) is 1. The van der Waals surface area contributed by atoms with Gasteiger partial charge in [0.05, 0.1) is 6.54 Å². The zero-order chi connectivity index (χ0) is 17.1. The Hall–Kier alpha value is -1.79. The number of ether oxygens (including phenoxy) is 2. The molecular weight excluding hydrogens is 288 g/mol. The molecule has 0 aliphatic carbocycles. The second-order valence-electron chi connectivity index (χ2n) is 7.34. The van der Waals surface area contributed by atoms with Crippen LogP contribution in [0.25, 0.3) is 0 Å². The summed E-state index contributed by atoms with van der Waals surface area (Å²) in [6, 6.07) is -0.767. The van der Waals surface area contributed by atoms with Crippen molar-refractivity contribution in [1.82, 2.24) is 10.2 Å².